The molecular formula is C9H15INO2-. The van der Waals surface area contributed by atoms with Crippen LogP contribution in [0.4, 0.5) is 0 Å². The summed E-state index contributed by atoms with van der Waals surface area (Å²) in [5.74, 6) is 0.790. The summed E-state index contributed by atoms with van der Waals surface area (Å²) in [6.07, 6.45) is 1.66. The molecule has 2 unspecified atom stereocenters. The van der Waals surface area contributed by atoms with Gasteiger partial charge in [-0.2, -0.15) is 0 Å². The van der Waals surface area contributed by atoms with E-state index in [-0.39, 0.29) is 5.91 Å². The first-order valence-corrected chi connectivity index (χ1v) is 6.66. The van der Waals surface area contributed by atoms with E-state index >= 15 is 0 Å². The van der Waals surface area contributed by atoms with E-state index in [1.807, 2.05) is 0 Å². The molecule has 0 aliphatic carbocycles. The Morgan fingerprint density at radius 2 is 2.15 bits per heavy atom. The number of aliphatic hydroxyl groups excluding tert-OH is 1. The van der Waals surface area contributed by atoms with Crippen molar-refractivity contribution >= 4 is 5.91 Å². The van der Waals surface area contributed by atoms with Gasteiger partial charge in [0.1, 0.15) is 0 Å². The van der Waals surface area contributed by atoms with Crippen molar-refractivity contribution in [2.24, 2.45) is 11.8 Å². The van der Waals surface area contributed by atoms with Gasteiger partial charge in [-0.15, -0.1) is 0 Å². The first-order valence-electron chi connectivity index (χ1n) is 4.34. The Hall–Kier alpha value is -0.100. The molecule has 2 N–H and O–H groups in total. The van der Waals surface area contributed by atoms with Crippen LogP contribution in [0.2, 0.25) is 0 Å². The molecule has 76 valence electrons. The summed E-state index contributed by atoms with van der Waals surface area (Å²) in [5.41, 5.74) is 0. The SMILES string of the molecule is CC(C)C(C)C1=CC(=O)NC(O)[I-]1. The van der Waals surface area contributed by atoms with E-state index in [0.717, 1.165) is 3.58 Å². The topological polar surface area (TPSA) is 49.3 Å². The van der Waals surface area contributed by atoms with Crippen molar-refractivity contribution in [2.75, 3.05) is 0 Å². The standard InChI is InChI=1S/C9H15INO2/c1-5(2)6(3)7-4-8(12)11-9(13)10-7/h4-6,9,13H,1-3H3,(H,11,12)/q-1. The third-order valence-electron chi connectivity index (χ3n) is 2.19. The number of hydrogen-bond donors (Lipinski definition) is 2. The first kappa shape index (κ1) is 11.0. The number of allylic oxidation sites excluding steroid dienone is 1. The maximum absolute atomic E-state index is 11.1. The normalized spacial score (nSPS) is 26.1. The van der Waals surface area contributed by atoms with Crippen LogP contribution in [-0.2, 0) is 4.79 Å². The zero-order valence-electron chi connectivity index (χ0n) is 8.04. The van der Waals surface area contributed by atoms with Gasteiger partial charge in [0.15, 0.2) is 0 Å². The van der Waals surface area contributed by atoms with E-state index in [0.29, 0.717) is 11.8 Å². The van der Waals surface area contributed by atoms with Crippen molar-refractivity contribution in [3.63, 3.8) is 0 Å². The van der Waals surface area contributed by atoms with Crippen LogP contribution in [0.1, 0.15) is 20.8 Å². The number of alkyl halides is 1. The molecule has 2 atom stereocenters. The summed E-state index contributed by atoms with van der Waals surface area (Å²) in [5, 5.41) is 11.8. The summed E-state index contributed by atoms with van der Waals surface area (Å²) in [6.45, 7) is 6.38. The molecule has 13 heavy (non-hydrogen) atoms. The number of halogens is 1. The molecule has 0 fully saturated rings. The number of carbonyl (C=O) groups is 1. The quantitative estimate of drug-likeness (QED) is 0.341. The van der Waals surface area contributed by atoms with Gasteiger partial charge >= 0.3 is 88.8 Å². The van der Waals surface area contributed by atoms with Gasteiger partial charge in [-0.05, 0) is 0 Å². The molecule has 0 saturated carbocycles. The molecule has 0 aromatic heterocycles. The molecule has 0 spiro atoms. The predicted octanol–water partition coefficient (Wildman–Crippen LogP) is -2.34. The molecule has 3 nitrogen and oxygen atoms in total. The van der Waals surface area contributed by atoms with Crippen LogP contribution in [-0.4, -0.2) is 15.2 Å². The number of rotatable bonds is 2. The van der Waals surface area contributed by atoms with Gasteiger partial charge in [-0.3, -0.25) is 0 Å². The minimum atomic E-state index is -0.590. The summed E-state index contributed by atoms with van der Waals surface area (Å²) >= 11 is -0.430. The molecule has 0 aromatic carbocycles. The Kier molecular flexibility index (Phi) is 3.73. The van der Waals surface area contributed by atoms with E-state index in [2.05, 4.69) is 26.1 Å². The van der Waals surface area contributed by atoms with Crippen LogP contribution in [0.5, 0.6) is 0 Å². The molecule has 4 heteroatoms. The third kappa shape index (κ3) is 2.95. The third-order valence-corrected chi connectivity index (χ3v) is 5.11. The molecule has 0 bridgehead atoms. The van der Waals surface area contributed by atoms with Crippen LogP contribution in [0, 0.1) is 11.8 Å². The van der Waals surface area contributed by atoms with Gasteiger partial charge in [0.05, 0.1) is 0 Å². The zero-order chi connectivity index (χ0) is 10.0. The Balaban J connectivity index is 2.74. The fraction of sp³-hybridized carbons (Fsp3) is 0.667. The molecule has 1 rings (SSSR count). The van der Waals surface area contributed by atoms with Crippen molar-refractivity contribution in [3.8, 4) is 0 Å². The van der Waals surface area contributed by atoms with Crippen molar-refractivity contribution in [1.29, 1.82) is 0 Å². The van der Waals surface area contributed by atoms with Gasteiger partial charge in [0, 0.05) is 0 Å². The van der Waals surface area contributed by atoms with Gasteiger partial charge in [-0.25, -0.2) is 0 Å². The number of nitrogens with one attached hydrogen (secondary N) is 1. The summed E-state index contributed by atoms with van der Waals surface area (Å²) in [7, 11) is 0. The molecule has 1 aliphatic rings. The molecule has 1 amide bonds. The number of carbonyl (C=O) groups excluding carboxylic acids is 1. The molecule has 1 aliphatic heterocycles. The van der Waals surface area contributed by atoms with E-state index in [1.165, 1.54) is 0 Å². The van der Waals surface area contributed by atoms with Gasteiger partial charge in [0.25, 0.3) is 0 Å². The monoisotopic (exact) mass is 296 g/mol. The predicted molar refractivity (Wildman–Crippen MR) is 46.2 cm³/mol. The van der Waals surface area contributed by atoms with Crippen LogP contribution in [0.25, 0.3) is 0 Å². The van der Waals surface area contributed by atoms with E-state index < -0.39 is 25.4 Å². The van der Waals surface area contributed by atoms with Crippen molar-refractivity contribution in [1.82, 2.24) is 5.32 Å². The Bertz CT molecular complexity index is 238. The fourth-order valence-corrected chi connectivity index (χ4v) is 3.90. The second-order valence-corrected chi connectivity index (χ2v) is 6.56. The number of hydrogen-bond acceptors (Lipinski definition) is 2. The molecule has 0 aromatic rings. The van der Waals surface area contributed by atoms with Crippen LogP contribution < -0.4 is 26.5 Å². The Morgan fingerprint density at radius 3 is 2.62 bits per heavy atom. The number of aliphatic hydroxyl groups is 1. The van der Waals surface area contributed by atoms with Gasteiger partial charge in [-0.1, -0.05) is 0 Å². The van der Waals surface area contributed by atoms with Crippen molar-refractivity contribution in [2.45, 2.75) is 25.0 Å². The van der Waals surface area contributed by atoms with Crippen LogP contribution in [0.15, 0.2) is 9.66 Å². The fourth-order valence-electron chi connectivity index (χ4n) is 1.01. The average molecular weight is 296 g/mol. The average Bonchev–Trinajstić information content (AvgIpc) is 2.01. The van der Waals surface area contributed by atoms with Gasteiger partial charge in [0.2, 0.25) is 0 Å². The minimum absolute atomic E-state index is 0.152. The molecular weight excluding hydrogens is 281 g/mol. The molecule has 0 saturated heterocycles. The van der Waals surface area contributed by atoms with Crippen molar-refractivity contribution < 1.29 is 31.1 Å². The maximum atomic E-state index is 11.1. The summed E-state index contributed by atoms with van der Waals surface area (Å²) in [4.78, 5) is 11.1. The zero-order valence-corrected chi connectivity index (χ0v) is 10.2. The van der Waals surface area contributed by atoms with E-state index in [1.54, 1.807) is 6.08 Å². The summed E-state index contributed by atoms with van der Waals surface area (Å²) < 4.78 is 0.567. The van der Waals surface area contributed by atoms with E-state index in [4.69, 9.17) is 0 Å². The van der Waals surface area contributed by atoms with E-state index in [9.17, 15) is 9.90 Å². The second-order valence-electron chi connectivity index (χ2n) is 3.52. The summed E-state index contributed by atoms with van der Waals surface area (Å²) in [6, 6.07) is 0. The number of amides is 1. The van der Waals surface area contributed by atoms with Crippen LogP contribution >= 0.6 is 0 Å². The first-order chi connectivity index (χ1) is 6.00. The Labute approximate surface area is 88.9 Å². The molecule has 0 radical (unpaired) electrons. The van der Waals surface area contributed by atoms with Gasteiger partial charge < -0.3 is 0 Å². The Morgan fingerprint density at radius 1 is 1.54 bits per heavy atom. The van der Waals surface area contributed by atoms with Crippen LogP contribution in [0.3, 0.4) is 0 Å². The molecule has 1 heterocycles. The van der Waals surface area contributed by atoms with Crippen molar-refractivity contribution in [3.05, 3.63) is 9.66 Å². The second kappa shape index (κ2) is 4.41.